The summed E-state index contributed by atoms with van der Waals surface area (Å²) in [5.74, 6) is 0. The monoisotopic (exact) mass is 344 g/mol. The fourth-order valence-electron chi connectivity index (χ4n) is 4.38. The molecule has 0 aliphatic heterocycles. The average Bonchev–Trinajstić information content (AvgIpc) is 3.31. The molecule has 0 amide bonds. The van der Waals surface area contributed by atoms with E-state index in [1.807, 2.05) is 0 Å². The van der Waals surface area contributed by atoms with Crippen LogP contribution in [0.1, 0.15) is 57.3 Å². The first-order valence-electron chi connectivity index (χ1n) is 9.79. The predicted octanol–water partition coefficient (Wildman–Crippen LogP) is 3.77. The third-order valence-corrected chi connectivity index (χ3v) is 6.86. The summed E-state index contributed by atoms with van der Waals surface area (Å²) in [5, 5.41) is 5.89. The Balaban J connectivity index is 0.000000151. The van der Waals surface area contributed by atoms with E-state index in [4.69, 9.17) is 0 Å². The zero-order chi connectivity index (χ0) is 19.2. The van der Waals surface area contributed by atoms with Gasteiger partial charge in [-0.3, -0.25) is 0 Å². The molecule has 2 aliphatic carbocycles. The number of rotatable bonds is 0. The van der Waals surface area contributed by atoms with Crippen molar-refractivity contribution < 1.29 is 0 Å². The molecule has 2 aromatic carbocycles. The number of hydrogen-bond donors (Lipinski definition) is 0. The second-order valence-corrected chi connectivity index (χ2v) is 7.94. The summed E-state index contributed by atoms with van der Waals surface area (Å²) in [6.45, 7) is 17.8. The highest BCUT2D eigenvalue weighted by Crippen LogP contribution is 2.12. The van der Waals surface area contributed by atoms with E-state index in [2.05, 4.69) is 79.7 Å². The Bertz CT molecular complexity index is 955. The van der Waals surface area contributed by atoms with E-state index in [0.29, 0.717) is 0 Å². The molecule has 26 heavy (non-hydrogen) atoms. The Labute approximate surface area is 158 Å². The number of fused-ring (bicyclic) bond motifs is 2. The van der Waals surface area contributed by atoms with Crippen LogP contribution < -0.4 is 20.9 Å². The van der Waals surface area contributed by atoms with Crippen molar-refractivity contribution in [2.75, 3.05) is 0 Å². The lowest BCUT2D eigenvalue weighted by atomic mass is 9.96. The highest BCUT2D eigenvalue weighted by molar-refractivity contribution is 5.55. The first-order chi connectivity index (χ1) is 12.3. The Morgan fingerprint density at radius 1 is 0.346 bits per heavy atom. The summed E-state index contributed by atoms with van der Waals surface area (Å²) in [7, 11) is 0. The maximum Gasteiger partial charge on any atom is -0.0151 e. The van der Waals surface area contributed by atoms with Crippen LogP contribution in [0.25, 0.3) is 24.3 Å². The lowest BCUT2D eigenvalue weighted by molar-refractivity contribution is 1.17. The predicted molar refractivity (Wildman–Crippen MR) is 116 cm³/mol. The van der Waals surface area contributed by atoms with Gasteiger partial charge in [0.05, 0.1) is 0 Å². The number of benzene rings is 2. The first-order valence-corrected chi connectivity index (χ1v) is 9.79. The van der Waals surface area contributed by atoms with Gasteiger partial charge in [-0.05, 0) is 134 Å². The minimum atomic E-state index is 1.11. The average molecular weight is 345 g/mol. The molecule has 0 atom stereocenters. The van der Waals surface area contributed by atoms with E-state index in [0.717, 1.165) is 12.8 Å². The largest absolute Gasteiger partial charge is 0.0726 e. The Kier molecular flexibility index (Phi) is 4.97. The highest BCUT2D eigenvalue weighted by Gasteiger charge is 2.08. The maximum atomic E-state index is 2.34. The van der Waals surface area contributed by atoms with E-state index in [-0.39, 0.29) is 0 Å². The van der Waals surface area contributed by atoms with Crippen LogP contribution in [0.15, 0.2) is 0 Å². The van der Waals surface area contributed by atoms with E-state index in [1.165, 1.54) is 65.4 Å². The Morgan fingerprint density at radius 3 is 0.731 bits per heavy atom. The van der Waals surface area contributed by atoms with Crippen molar-refractivity contribution in [3.05, 3.63) is 65.4 Å². The molecule has 0 bridgehead atoms. The summed E-state index contributed by atoms with van der Waals surface area (Å²) in [4.78, 5) is 0. The molecule has 2 aliphatic rings. The van der Waals surface area contributed by atoms with Gasteiger partial charge in [-0.25, -0.2) is 0 Å². The molecule has 0 aromatic heterocycles. The molecule has 0 spiro atoms. The molecule has 0 fully saturated rings. The molecule has 2 aromatic rings. The SMILES string of the molecule is Cc1c(C)c(C)c2c(c1C)=CCC=2.Cc1c(C)c(C)c2c(c1C)=CCC=2. The second-order valence-electron chi connectivity index (χ2n) is 7.94. The van der Waals surface area contributed by atoms with Gasteiger partial charge < -0.3 is 0 Å². The summed E-state index contributed by atoms with van der Waals surface area (Å²) in [6, 6.07) is 0. The van der Waals surface area contributed by atoms with Crippen molar-refractivity contribution in [2.24, 2.45) is 0 Å². The minimum absolute atomic E-state index is 1.11. The first kappa shape index (κ1) is 18.7. The van der Waals surface area contributed by atoms with Gasteiger partial charge in [0.25, 0.3) is 0 Å². The van der Waals surface area contributed by atoms with Crippen molar-refractivity contribution in [1.82, 2.24) is 0 Å². The zero-order valence-corrected chi connectivity index (χ0v) is 17.7. The van der Waals surface area contributed by atoms with Gasteiger partial charge in [0.2, 0.25) is 0 Å². The van der Waals surface area contributed by atoms with Crippen LogP contribution in [0, 0.1) is 55.4 Å². The van der Waals surface area contributed by atoms with E-state index in [9.17, 15) is 0 Å². The summed E-state index contributed by atoms with van der Waals surface area (Å²) < 4.78 is 0. The standard InChI is InChI=1S/2C13H16/c2*1-8-9(2)11(4)13-7-5-6-12(13)10(8)3/h2*6-7H,5H2,1-4H3. The van der Waals surface area contributed by atoms with Gasteiger partial charge in [0.15, 0.2) is 0 Å². The smallest absolute Gasteiger partial charge is 0.0151 e. The maximum absolute atomic E-state index is 2.34. The zero-order valence-electron chi connectivity index (χ0n) is 17.7. The third kappa shape index (κ3) is 2.86. The second kappa shape index (κ2) is 6.91. The van der Waals surface area contributed by atoms with Crippen molar-refractivity contribution in [3.8, 4) is 0 Å². The van der Waals surface area contributed by atoms with Gasteiger partial charge in [0.1, 0.15) is 0 Å². The van der Waals surface area contributed by atoms with Gasteiger partial charge in [-0.2, -0.15) is 0 Å². The topological polar surface area (TPSA) is 0 Å². The molecule has 136 valence electrons. The number of hydrogen-bond acceptors (Lipinski definition) is 0. The molecule has 0 nitrogen and oxygen atoms in total. The molecule has 0 N–H and O–H groups in total. The highest BCUT2D eigenvalue weighted by atomic mass is 14.1. The van der Waals surface area contributed by atoms with Gasteiger partial charge in [-0.1, -0.05) is 24.3 Å². The van der Waals surface area contributed by atoms with Crippen molar-refractivity contribution in [2.45, 2.75) is 68.2 Å². The fourth-order valence-corrected chi connectivity index (χ4v) is 4.38. The van der Waals surface area contributed by atoms with Crippen LogP contribution in [0.2, 0.25) is 0 Å². The van der Waals surface area contributed by atoms with Crippen LogP contribution in [-0.2, 0) is 0 Å². The fraction of sp³-hybridized carbons (Fsp3) is 0.385. The normalized spacial score (nSPS) is 13.5. The molecule has 4 rings (SSSR count). The van der Waals surface area contributed by atoms with Crippen molar-refractivity contribution in [3.63, 3.8) is 0 Å². The Hall–Kier alpha value is -2.08. The summed E-state index contributed by atoms with van der Waals surface area (Å²) in [6.07, 6.45) is 11.6. The lowest BCUT2D eigenvalue weighted by Crippen LogP contribution is -2.29. The quantitative estimate of drug-likeness (QED) is 0.682. The van der Waals surface area contributed by atoms with Crippen molar-refractivity contribution >= 4 is 24.3 Å². The third-order valence-electron chi connectivity index (χ3n) is 6.86. The summed E-state index contributed by atoms with van der Waals surface area (Å²) in [5.41, 5.74) is 11.7. The van der Waals surface area contributed by atoms with Crippen LogP contribution in [0.3, 0.4) is 0 Å². The molecule has 0 saturated heterocycles. The lowest BCUT2D eigenvalue weighted by Gasteiger charge is -2.09. The molecular weight excluding hydrogens is 312 g/mol. The van der Waals surface area contributed by atoms with Gasteiger partial charge in [0, 0.05) is 0 Å². The molecule has 0 saturated carbocycles. The van der Waals surface area contributed by atoms with Crippen LogP contribution in [-0.4, -0.2) is 0 Å². The molecule has 0 radical (unpaired) electrons. The van der Waals surface area contributed by atoms with Crippen LogP contribution in [0.4, 0.5) is 0 Å². The van der Waals surface area contributed by atoms with E-state index in [1.54, 1.807) is 0 Å². The summed E-state index contributed by atoms with van der Waals surface area (Å²) >= 11 is 0. The van der Waals surface area contributed by atoms with Gasteiger partial charge in [-0.15, -0.1) is 0 Å². The van der Waals surface area contributed by atoms with E-state index < -0.39 is 0 Å². The van der Waals surface area contributed by atoms with Crippen LogP contribution in [0.5, 0.6) is 0 Å². The van der Waals surface area contributed by atoms with Crippen LogP contribution >= 0.6 is 0 Å². The van der Waals surface area contributed by atoms with Gasteiger partial charge >= 0.3 is 0 Å². The Morgan fingerprint density at radius 2 is 0.538 bits per heavy atom. The van der Waals surface area contributed by atoms with Crippen molar-refractivity contribution in [1.29, 1.82) is 0 Å². The minimum Gasteiger partial charge on any atom is -0.0726 e. The molecular formula is C26H32. The molecule has 0 unspecified atom stereocenters. The van der Waals surface area contributed by atoms with E-state index >= 15 is 0 Å². The molecule has 0 heteroatoms. The molecule has 0 heterocycles.